The van der Waals surface area contributed by atoms with Crippen molar-refractivity contribution in [3.8, 4) is 0 Å². The molecule has 2 aromatic rings. The van der Waals surface area contributed by atoms with Crippen molar-refractivity contribution in [2.75, 3.05) is 5.32 Å². The van der Waals surface area contributed by atoms with E-state index in [1.165, 1.54) is 6.20 Å². The lowest BCUT2D eigenvalue weighted by molar-refractivity contribution is -0.116. The Morgan fingerprint density at radius 1 is 1.29 bits per heavy atom. The molecule has 0 aliphatic carbocycles. The number of nitrogens with one attached hydrogen (secondary N) is 2. The standard InChI is InChI=1S/C16H14BrN3O4/c17-11-6-13(14(9-21)18-8-11)19-15(22)7-12(20-16(23)24)10-4-2-1-3-5-10/h1-6,8-9,12,20H,7H2,(H,19,22)(H,23,24)/t12-/m0/s1. The van der Waals surface area contributed by atoms with E-state index in [4.69, 9.17) is 5.11 Å². The molecular formula is C16H14BrN3O4. The summed E-state index contributed by atoms with van der Waals surface area (Å²) in [6.45, 7) is 0. The SMILES string of the molecule is O=Cc1ncc(Br)cc1NC(=O)C[C@H](NC(=O)O)c1ccccc1. The highest BCUT2D eigenvalue weighted by molar-refractivity contribution is 9.10. The minimum atomic E-state index is -1.23. The zero-order chi connectivity index (χ0) is 17.5. The number of rotatable bonds is 6. The molecule has 24 heavy (non-hydrogen) atoms. The summed E-state index contributed by atoms with van der Waals surface area (Å²) in [5.74, 6) is -0.444. The van der Waals surface area contributed by atoms with Crippen LogP contribution in [-0.4, -0.2) is 28.4 Å². The lowest BCUT2D eigenvalue weighted by Crippen LogP contribution is -2.30. The molecule has 0 saturated heterocycles. The normalized spacial score (nSPS) is 11.4. The second-order valence-electron chi connectivity index (χ2n) is 4.87. The Balaban J connectivity index is 2.15. The fourth-order valence-corrected chi connectivity index (χ4v) is 2.45. The number of pyridine rings is 1. The van der Waals surface area contributed by atoms with E-state index in [-0.39, 0.29) is 17.8 Å². The van der Waals surface area contributed by atoms with Crippen LogP contribution in [0.1, 0.15) is 28.5 Å². The van der Waals surface area contributed by atoms with Gasteiger partial charge >= 0.3 is 6.09 Å². The van der Waals surface area contributed by atoms with E-state index in [9.17, 15) is 14.4 Å². The number of anilines is 1. The van der Waals surface area contributed by atoms with Crippen molar-refractivity contribution < 1.29 is 19.5 Å². The molecule has 2 amide bonds. The molecule has 8 heteroatoms. The van der Waals surface area contributed by atoms with Crippen molar-refractivity contribution in [2.45, 2.75) is 12.5 Å². The maximum atomic E-state index is 12.3. The van der Waals surface area contributed by atoms with Crippen LogP contribution in [0.25, 0.3) is 0 Å². The summed E-state index contributed by atoms with van der Waals surface area (Å²) in [4.78, 5) is 38.1. The van der Waals surface area contributed by atoms with Crippen LogP contribution >= 0.6 is 15.9 Å². The third-order valence-electron chi connectivity index (χ3n) is 3.16. The van der Waals surface area contributed by atoms with E-state index >= 15 is 0 Å². The Kier molecular flexibility index (Phi) is 6.02. The van der Waals surface area contributed by atoms with E-state index in [1.54, 1.807) is 36.4 Å². The Morgan fingerprint density at radius 2 is 2.00 bits per heavy atom. The molecular weight excluding hydrogens is 378 g/mol. The van der Waals surface area contributed by atoms with Gasteiger partial charge in [0.05, 0.1) is 18.2 Å². The summed E-state index contributed by atoms with van der Waals surface area (Å²) < 4.78 is 0.603. The first-order valence-electron chi connectivity index (χ1n) is 6.94. The van der Waals surface area contributed by atoms with Crippen LogP contribution in [0.15, 0.2) is 47.1 Å². The number of benzene rings is 1. The molecule has 1 heterocycles. The largest absolute Gasteiger partial charge is 0.465 e. The van der Waals surface area contributed by atoms with E-state index in [1.807, 2.05) is 0 Å². The van der Waals surface area contributed by atoms with Crippen LogP contribution in [0.4, 0.5) is 10.5 Å². The van der Waals surface area contributed by atoms with Gasteiger partial charge in [-0.2, -0.15) is 0 Å². The molecule has 0 radical (unpaired) electrons. The number of hydrogen-bond donors (Lipinski definition) is 3. The number of halogens is 1. The molecule has 3 N–H and O–H groups in total. The molecule has 0 unspecified atom stereocenters. The van der Waals surface area contributed by atoms with Gasteiger partial charge in [0.25, 0.3) is 0 Å². The average molecular weight is 392 g/mol. The molecule has 124 valence electrons. The smallest absolute Gasteiger partial charge is 0.405 e. The van der Waals surface area contributed by atoms with Crippen LogP contribution in [0.3, 0.4) is 0 Å². The molecule has 1 aromatic carbocycles. The summed E-state index contributed by atoms with van der Waals surface area (Å²) in [7, 11) is 0. The molecule has 2 rings (SSSR count). The highest BCUT2D eigenvalue weighted by Crippen LogP contribution is 2.21. The minimum Gasteiger partial charge on any atom is -0.465 e. The quantitative estimate of drug-likeness (QED) is 0.655. The number of carboxylic acid groups (broad SMARTS) is 1. The highest BCUT2D eigenvalue weighted by atomic mass is 79.9. The fraction of sp³-hybridized carbons (Fsp3) is 0.125. The molecule has 0 bridgehead atoms. The van der Waals surface area contributed by atoms with Gasteiger partial charge in [0, 0.05) is 10.7 Å². The second-order valence-corrected chi connectivity index (χ2v) is 5.78. The van der Waals surface area contributed by atoms with Gasteiger partial charge in [0.2, 0.25) is 5.91 Å². The summed E-state index contributed by atoms with van der Waals surface area (Å²) in [6, 6.07) is 9.61. The van der Waals surface area contributed by atoms with Gasteiger partial charge in [-0.15, -0.1) is 0 Å². The zero-order valence-electron chi connectivity index (χ0n) is 12.4. The van der Waals surface area contributed by atoms with Gasteiger partial charge in [-0.25, -0.2) is 4.79 Å². The van der Waals surface area contributed by atoms with Crippen LogP contribution in [0.2, 0.25) is 0 Å². The molecule has 0 aliphatic heterocycles. The monoisotopic (exact) mass is 391 g/mol. The molecule has 0 fully saturated rings. The molecule has 0 saturated carbocycles. The molecule has 1 atom stereocenters. The Labute approximate surface area is 146 Å². The maximum absolute atomic E-state index is 12.3. The first-order valence-corrected chi connectivity index (χ1v) is 7.74. The van der Waals surface area contributed by atoms with Crippen molar-refractivity contribution >= 4 is 39.9 Å². The van der Waals surface area contributed by atoms with Crippen molar-refractivity contribution in [2.24, 2.45) is 0 Å². The van der Waals surface area contributed by atoms with Crippen LogP contribution in [-0.2, 0) is 4.79 Å². The molecule has 1 aromatic heterocycles. The Bertz CT molecular complexity index is 752. The van der Waals surface area contributed by atoms with Crippen LogP contribution in [0.5, 0.6) is 0 Å². The van der Waals surface area contributed by atoms with E-state index in [0.717, 1.165) is 0 Å². The number of amides is 2. The number of aromatic nitrogens is 1. The lowest BCUT2D eigenvalue weighted by Gasteiger charge is -2.17. The molecule has 0 aliphatic rings. The third kappa shape index (κ3) is 4.88. The minimum absolute atomic E-state index is 0.0917. The van der Waals surface area contributed by atoms with E-state index in [0.29, 0.717) is 16.3 Å². The van der Waals surface area contributed by atoms with Gasteiger partial charge in [-0.3, -0.25) is 14.6 Å². The summed E-state index contributed by atoms with van der Waals surface area (Å²) in [5, 5.41) is 13.9. The van der Waals surface area contributed by atoms with Gasteiger partial charge in [-0.05, 0) is 27.6 Å². The molecule has 0 spiro atoms. The van der Waals surface area contributed by atoms with Gasteiger partial charge in [-0.1, -0.05) is 30.3 Å². The van der Waals surface area contributed by atoms with E-state index in [2.05, 4.69) is 31.5 Å². The lowest BCUT2D eigenvalue weighted by atomic mass is 10.0. The van der Waals surface area contributed by atoms with Crippen LogP contribution < -0.4 is 10.6 Å². The zero-order valence-corrected chi connectivity index (χ0v) is 14.0. The number of aldehydes is 1. The van der Waals surface area contributed by atoms with Crippen LogP contribution in [0, 0.1) is 0 Å². The number of carbonyl (C=O) groups excluding carboxylic acids is 2. The fourth-order valence-electron chi connectivity index (χ4n) is 2.12. The van der Waals surface area contributed by atoms with Crippen molar-refractivity contribution in [1.82, 2.24) is 10.3 Å². The first kappa shape index (κ1) is 17.6. The van der Waals surface area contributed by atoms with E-state index < -0.39 is 18.0 Å². The first-order chi connectivity index (χ1) is 11.5. The van der Waals surface area contributed by atoms with Crippen molar-refractivity contribution in [1.29, 1.82) is 0 Å². The summed E-state index contributed by atoms with van der Waals surface area (Å²) >= 11 is 3.22. The highest BCUT2D eigenvalue weighted by Gasteiger charge is 2.19. The predicted molar refractivity (Wildman–Crippen MR) is 90.9 cm³/mol. The van der Waals surface area contributed by atoms with Crippen molar-refractivity contribution in [3.63, 3.8) is 0 Å². The third-order valence-corrected chi connectivity index (χ3v) is 3.59. The maximum Gasteiger partial charge on any atom is 0.405 e. The molecule has 7 nitrogen and oxygen atoms in total. The summed E-state index contributed by atoms with van der Waals surface area (Å²) in [6.07, 6.45) is 0.625. The average Bonchev–Trinajstić information content (AvgIpc) is 2.55. The van der Waals surface area contributed by atoms with Gasteiger partial charge in [0.15, 0.2) is 6.29 Å². The summed E-state index contributed by atoms with van der Waals surface area (Å²) in [5.41, 5.74) is 1.01. The topological polar surface area (TPSA) is 108 Å². The van der Waals surface area contributed by atoms with Crippen molar-refractivity contribution in [3.05, 3.63) is 58.3 Å². The number of hydrogen-bond acceptors (Lipinski definition) is 4. The Hall–Kier alpha value is -2.74. The second kappa shape index (κ2) is 8.21. The number of nitrogens with zero attached hydrogens (tertiary/aromatic N) is 1. The Morgan fingerprint density at radius 3 is 2.62 bits per heavy atom. The van der Waals surface area contributed by atoms with Gasteiger partial charge in [0.1, 0.15) is 5.69 Å². The predicted octanol–water partition coefficient (Wildman–Crippen LogP) is 2.99. The number of carbonyl (C=O) groups is 3. The van der Waals surface area contributed by atoms with Gasteiger partial charge < -0.3 is 15.7 Å².